The first-order valence-corrected chi connectivity index (χ1v) is 9.60. The highest BCUT2D eigenvalue weighted by Gasteiger charge is 2.38. The van der Waals surface area contributed by atoms with Crippen LogP contribution in [-0.2, 0) is 18.3 Å². The lowest BCUT2D eigenvalue weighted by molar-refractivity contribution is 0.285. The van der Waals surface area contributed by atoms with Gasteiger partial charge >= 0.3 is 0 Å². The summed E-state index contributed by atoms with van der Waals surface area (Å²) in [7, 11) is 1.81. The normalized spacial score (nSPS) is 21.0. The summed E-state index contributed by atoms with van der Waals surface area (Å²) in [5.41, 5.74) is 11.0. The van der Waals surface area contributed by atoms with Gasteiger partial charge in [-0.3, -0.25) is 0 Å². The van der Waals surface area contributed by atoms with E-state index >= 15 is 0 Å². The number of nitrogens with two attached hydrogens (primary N) is 1. The zero-order valence-corrected chi connectivity index (χ0v) is 15.3. The van der Waals surface area contributed by atoms with E-state index in [0.717, 1.165) is 16.8 Å². The Hall–Kier alpha value is -0.540. The van der Waals surface area contributed by atoms with Crippen molar-refractivity contribution in [3.8, 4) is 5.75 Å². The van der Waals surface area contributed by atoms with E-state index in [9.17, 15) is 0 Å². The fourth-order valence-electron chi connectivity index (χ4n) is 4.57. The minimum Gasteiger partial charge on any atom is -0.495 e. The first-order chi connectivity index (χ1) is 10.7. The molecular formula is C19H28BrNO. The molecule has 0 spiro atoms. The molecule has 122 valence electrons. The number of hydrogen-bond acceptors (Lipinski definition) is 2. The Bertz CT molecular complexity index is 535. The molecule has 0 unspecified atom stereocenters. The van der Waals surface area contributed by atoms with Crippen molar-refractivity contribution >= 4 is 15.9 Å². The maximum absolute atomic E-state index is 6.35. The van der Waals surface area contributed by atoms with Crippen LogP contribution in [0.5, 0.6) is 5.75 Å². The molecule has 22 heavy (non-hydrogen) atoms. The molecule has 0 amide bonds. The van der Waals surface area contributed by atoms with Crippen LogP contribution in [0.15, 0.2) is 10.5 Å². The lowest BCUT2D eigenvalue weighted by atomic mass is 9.67. The van der Waals surface area contributed by atoms with Gasteiger partial charge in [-0.2, -0.15) is 0 Å². The SMILES string of the molecule is COc1c(Br)cc2c(c1C1(CN)CCCCC1)CCCCC2. The Morgan fingerprint density at radius 1 is 1.09 bits per heavy atom. The van der Waals surface area contributed by atoms with Gasteiger partial charge in [0.05, 0.1) is 11.6 Å². The Morgan fingerprint density at radius 3 is 2.45 bits per heavy atom. The number of ether oxygens (including phenoxy) is 1. The highest BCUT2D eigenvalue weighted by Crippen LogP contribution is 2.48. The van der Waals surface area contributed by atoms with Gasteiger partial charge in [-0.25, -0.2) is 0 Å². The van der Waals surface area contributed by atoms with E-state index in [4.69, 9.17) is 10.5 Å². The average molecular weight is 366 g/mol. The summed E-state index contributed by atoms with van der Waals surface area (Å²) >= 11 is 3.77. The maximum Gasteiger partial charge on any atom is 0.137 e. The van der Waals surface area contributed by atoms with Gasteiger partial charge in [-0.05, 0) is 71.6 Å². The van der Waals surface area contributed by atoms with Gasteiger partial charge in [0.25, 0.3) is 0 Å². The highest BCUT2D eigenvalue weighted by atomic mass is 79.9. The largest absolute Gasteiger partial charge is 0.495 e. The first-order valence-electron chi connectivity index (χ1n) is 8.80. The average Bonchev–Trinajstić information content (AvgIpc) is 2.79. The monoisotopic (exact) mass is 365 g/mol. The Labute approximate surface area is 142 Å². The van der Waals surface area contributed by atoms with Gasteiger partial charge in [-0.15, -0.1) is 0 Å². The summed E-state index contributed by atoms with van der Waals surface area (Å²) < 4.78 is 6.98. The van der Waals surface area contributed by atoms with Gasteiger partial charge < -0.3 is 10.5 Å². The van der Waals surface area contributed by atoms with E-state index in [1.165, 1.54) is 75.3 Å². The maximum atomic E-state index is 6.35. The molecule has 1 fully saturated rings. The topological polar surface area (TPSA) is 35.2 Å². The Balaban J connectivity index is 2.20. The number of fused-ring (bicyclic) bond motifs is 1. The van der Waals surface area contributed by atoms with E-state index < -0.39 is 0 Å². The number of methoxy groups -OCH3 is 1. The molecule has 0 radical (unpaired) electrons. The molecule has 3 heteroatoms. The molecule has 0 bridgehead atoms. The molecule has 2 aliphatic rings. The van der Waals surface area contributed by atoms with Crippen LogP contribution in [0.3, 0.4) is 0 Å². The minimum absolute atomic E-state index is 0.127. The van der Waals surface area contributed by atoms with Crippen LogP contribution in [0.25, 0.3) is 0 Å². The molecule has 1 aromatic carbocycles. The molecule has 0 heterocycles. The molecule has 2 nitrogen and oxygen atoms in total. The van der Waals surface area contributed by atoms with Crippen LogP contribution in [0, 0.1) is 0 Å². The second-order valence-electron chi connectivity index (χ2n) is 7.01. The van der Waals surface area contributed by atoms with E-state index in [-0.39, 0.29) is 5.41 Å². The highest BCUT2D eigenvalue weighted by molar-refractivity contribution is 9.10. The number of aryl methyl sites for hydroxylation is 1. The zero-order chi connectivity index (χ0) is 15.6. The van der Waals surface area contributed by atoms with Gasteiger partial charge in [0, 0.05) is 17.5 Å². The number of benzene rings is 1. The molecule has 2 N–H and O–H groups in total. The third-order valence-corrected chi connectivity index (χ3v) is 6.33. The molecule has 0 atom stereocenters. The van der Waals surface area contributed by atoms with Crippen molar-refractivity contribution in [3.63, 3.8) is 0 Å². The summed E-state index contributed by atoms with van der Waals surface area (Å²) in [4.78, 5) is 0. The molecule has 2 aliphatic carbocycles. The van der Waals surface area contributed by atoms with Crippen molar-refractivity contribution in [2.45, 2.75) is 69.6 Å². The van der Waals surface area contributed by atoms with E-state index in [0.29, 0.717) is 0 Å². The smallest absolute Gasteiger partial charge is 0.137 e. The fraction of sp³-hybridized carbons (Fsp3) is 0.684. The zero-order valence-electron chi connectivity index (χ0n) is 13.7. The van der Waals surface area contributed by atoms with Crippen molar-refractivity contribution in [2.75, 3.05) is 13.7 Å². The van der Waals surface area contributed by atoms with Gasteiger partial charge in [0.2, 0.25) is 0 Å². The standard InChI is InChI=1S/C19H28BrNO/c1-22-18-16(20)12-14-8-4-2-5-9-15(14)17(18)19(13-21)10-6-3-7-11-19/h12H,2-11,13,21H2,1H3. The van der Waals surface area contributed by atoms with E-state index in [2.05, 4.69) is 22.0 Å². The predicted molar refractivity (Wildman–Crippen MR) is 95.8 cm³/mol. The second-order valence-corrected chi connectivity index (χ2v) is 7.86. The van der Waals surface area contributed by atoms with Crippen LogP contribution in [-0.4, -0.2) is 13.7 Å². The molecule has 0 aromatic heterocycles. The summed E-state index contributed by atoms with van der Waals surface area (Å²) in [6.07, 6.45) is 12.7. The first kappa shape index (κ1) is 16.3. The van der Waals surface area contributed by atoms with Crippen molar-refractivity contribution < 1.29 is 4.74 Å². The van der Waals surface area contributed by atoms with Crippen molar-refractivity contribution in [2.24, 2.45) is 5.73 Å². The molecular weight excluding hydrogens is 338 g/mol. The summed E-state index contributed by atoms with van der Waals surface area (Å²) in [5.74, 6) is 1.05. The van der Waals surface area contributed by atoms with Crippen molar-refractivity contribution in [1.82, 2.24) is 0 Å². The molecule has 0 aliphatic heterocycles. The Morgan fingerprint density at radius 2 is 1.77 bits per heavy atom. The van der Waals surface area contributed by atoms with Crippen molar-refractivity contribution in [1.29, 1.82) is 0 Å². The van der Waals surface area contributed by atoms with Crippen molar-refractivity contribution in [3.05, 3.63) is 27.2 Å². The third kappa shape index (κ3) is 2.82. The molecule has 1 aromatic rings. The summed E-state index contributed by atoms with van der Waals surface area (Å²) in [5, 5.41) is 0. The minimum atomic E-state index is 0.127. The van der Waals surface area contributed by atoms with Crippen LogP contribution >= 0.6 is 15.9 Å². The van der Waals surface area contributed by atoms with Gasteiger partial charge in [-0.1, -0.05) is 25.7 Å². The van der Waals surface area contributed by atoms with E-state index in [1.54, 1.807) is 12.7 Å². The summed E-state index contributed by atoms with van der Waals surface area (Å²) in [6.45, 7) is 0.742. The molecule has 0 saturated heterocycles. The van der Waals surface area contributed by atoms with Gasteiger partial charge in [0.15, 0.2) is 0 Å². The predicted octanol–water partition coefficient (Wildman–Crippen LogP) is 4.89. The quantitative estimate of drug-likeness (QED) is 0.774. The van der Waals surface area contributed by atoms with Crippen LogP contribution < -0.4 is 10.5 Å². The van der Waals surface area contributed by atoms with E-state index in [1.807, 2.05) is 0 Å². The van der Waals surface area contributed by atoms with Crippen LogP contribution in [0.2, 0.25) is 0 Å². The van der Waals surface area contributed by atoms with Crippen LogP contribution in [0.4, 0.5) is 0 Å². The lowest BCUT2D eigenvalue weighted by Gasteiger charge is -2.40. The number of hydrogen-bond donors (Lipinski definition) is 1. The molecule has 3 rings (SSSR count). The number of rotatable bonds is 3. The van der Waals surface area contributed by atoms with Gasteiger partial charge in [0.1, 0.15) is 5.75 Å². The summed E-state index contributed by atoms with van der Waals surface area (Å²) in [6, 6.07) is 2.30. The Kier molecular flexibility index (Phi) is 5.13. The second kappa shape index (κ2) is 6.92. The lowest BCUT2D eigenvalue weighted by Crippen LogP contribution is -2.38. The third-order valence-electron chi connectivity index (χ3n) is 5.74. The molecule has 1 saturated carbocycles. The fourth-order valence-corrected chi connectivity index (χ4v) is 5.21. The number of halogens is 1. The van der Waals surface area contributed by atoms with Crippen LogP contribution in [0.1, 0.15) is 68.1 Å².